The fourth-order valence-electron chi connectivity index (χ4n) is 5.13. The van der Waals surface area contributed by atoms with Gasteiger partial charge in [-0.1, -0.05) is 26.7 Å². The zero-order valence-corrected chi connectivity index (χ0v) is 19.4. The Morgan fingerprint density at radius 3 is 2.27 bits per heavy atom. The van der Waals surface area contributed by atoms with Gasteiger partial charge in [-0.05, 0) is 83.5 Å². The quantitative estimate of drug-likeness (QED) is 0.505. The van der Waals surface area contributed by atoms with Crippen molar-refractivity contribution in [3.63, 3.8) is 0 Å². The van der Waals surface area contributed by atoms with E-state index >= 15 is 0 Å². The molecule has 1 aromatic carbocycles. The molecule has 1 aromatic rings. The Morgan fingerprint density at radius 1 is 1.13 bits per heavy atom. The molecule has 1 amide bonds. The monoisotopic (exact) mass is 488 g/mol. The van der Waals surface area contributed by atoms with E-state index in [-0.39, 0.29) is 28.4 Å². The van der Waals surface area contributed by atoms with Gasteiger partial charge >= 0.3 is 6.18 Å². The molecule has 168 valence electrons. The van der Waals surface area contributed by atoms with Crippen LogP contribution in [0.1, 0.15) is 63.5 Å². The van der Waals surface area contributed by atoms with E-state index in [4.69, 9.17) is 5.73 Å². The van der Waals surface area contributed by atoms with E-state index in [1.807, 2.05) is 4.90 Å². The second kappa shape index (κ2) is 9.49. The zero-order chi connectivity index (χ0) is 22.1. The summed E-state index contributed by atoms with van der Waals surface area (Å²) in [6.45, 7) is 5.66. The number of halogens is 4. The van der Waals surface area contributed by atoms with Gasteiger partial charge in [0.15, 0.2) is 0 Å². The van der Waals surface area contributed by atoms with Crippen molar-refractivity contribution >= 4 is 27.5 Å². The second-order valence-electron chi connectivity index (χ2n) is 9.32. The molecule has 0 bridgehead atoms. The molecule has 7 heteroatoms. The van der Waals surface area contributed by atoms with Gasteiger partial charge in [-0.3, -0.25) is 4.79 Å². The standard InChI is InChI=1S/C23H32BrF3N2O/c1-14-3-5-17(6-4-14)18-7-9-29(10-8-18)22(30)15(2)11-16-12-19(23(25,26)27)21(28)20(24)13-16/h12-15,17-18H,3-11,28H2,1-2H3/t14?,15-,17?/m1/s1. The average molecular weight is 489 g/mol. The summed E-state index contributed by atoms with van der Waals surface area (Å²) in [6.07, 6.45) is 3.09. The second-order valence-corrected chi connectivity index (χ2v) is 10.2. The van der Waals surface area contributed by atoms with Crippen molar-refractivity contribution in [2.24, 2.45) is 23.7 Å². The number of carbonyl (C=O) groups is 1. The van der Waals surface area contributed by atoms with Crippen LogP contribution in [0.5, 0.6) is 0 Å². The van der Waals surface area contributed by atoms with Gasteiger partial charge in [-0.15, -0.1) is 0 Å². The predicted molar refractivity (Wildman–Crippen MR) is 117 cm³/mol. The molecule has 1 saturated heterocycles. The molecule has 2 N–H and O–H groups in total. The van der Waals surface area contributed by atoms with Crippen LogP contribution >= 0.6 is 15.9 Å². The number of alkyl halides is 3. The smallest absolute Gasteiger partial charge is 0.397 e. The number of nitrogens with zero attached hydrogens (tertiary/aromatic N) is 1. The summed E-state index contributed by atoms with van der Waals surface area (Å²) in [4.78, 5) is 14.8. The number of hydrogen-bond donors (Lipinski definition) is 1. The predicted octanol–water partition coefficient (Wildman–Crippen LogP) is 6.29. The molecular weight excluding hydrogens is 457 g/mol. The molecule has 0 aromatic heterocycles. The first-order chi connectivity index (χ1) is 14.1. The van der Waals surface area contributed by atoms with E-state index in [0.717, 1.165) is 43.8 Å². The summed E-state index contributed by atoms with van der Waals surface area (Å²) in [6, 6.07) is 2.66. The zero-order valence-electron chi connectivity index (χ0n) is 17.8. The van der Waals surface area contributed by atoms with Crippen molar-refractivity contribution in [2.75, 3.05) is 18.8 Å². The van der Waals surface area contributed by atoms with Gasteiger partial charge in [-0.25, -0.2) is 0 Å². The third-order valence-corrected chi connectivity index (χ3v) is 7.69. The molecule has 1 saturated carbocycles. The lowest BCUT2D eigenvalue weighted by atomic mass is 9.73. The van der Waals surface area contributed by atoms with Crippen molar-refractivity contribution in [1.29, 1.82) is 0 Å². The number of nitrogens with two attached hydrogens (primary N) is 1. The Balaban J connectivity index is 1.57. The first kappa shape index (κ1) is 23.4. The number of benzene rings is 1. The Morgan fingerprint density at radius 2 is 1.70 bits per heavy atom. The number of piperidine rings is 1. The summed E-state index contributed by atoms with van der Waals surface area (Å²) in [7, 11) is 0. The molecular formula is C23H32BrF3N2O. The Labute approximate surface area is 185 Å². The molecule has 3 rings (SSSR count). The van der Waals surface area contributed by atoms with Crippen LogP contribution in [0.15, 0.2) is 16.6 Å². The van der Waals surface area contributed by atoms with Crippen LogP contribution in [-0.4, -0.2) is 23.9 Å². The lowest BCUT2D eigenvalue weighted by Gasteiger charge is -2.39. The molecule has 0 radical (unpaired) electrons. The highest BCUT2D eigenvalue weighted by Crippen LogP contribution is 2.39. The SMILES string of the molecule is CC1CCC(C2CCN(C(=O)[C@H](C)Cc3cc(Br)c(N)c(C(F)(F)F)c3)CC2)CC1. The van der Waals surface area contributed by atoms with Crippen LogP contribution in [-0.2, 0) is 17.4 Å². The summed E-state index contributed by atoms with van der Waals surface area (Å²) in [5, 5.41) is 0. The minimum atomic E-state index is -4.52. The Hall–Kier alpha value is -1.24. The van der Waals surface area contributed by atoms with E-state index in [9.17, 15) is 18.0 Å². The third kappa shape index (κ3) is 5.51. The molecule has 2 fully saturated rings. The number of rotatable bonds is 4. The Kier molecular flexibility index (Phi) is 7.41. The van der Waals surface area contributed by atoms with Crippen LogP contribution in [0.4, 0.5) is 18.9 Å². The Bertz CT molecular complexity index is 752. The van der Waals surface area contributed by atoms with Crippen molar-refractivity contribution in [1.82, 2.24) is 4.90 Å². The average Bonchev–Trinajstić information content (AvgIpc) is 2.70. The first-order valence-corrected chi connectivity index (χ1v) is 11.8. The number of nitrogen functional groups attached to an aromatic ring is 1. The van der Waals surface area contributed by atoms with E-state index in [2.05, 4.69) is 22.9 Å². The van der Waals surface area contributed by atoms with Crippen molar-refractivity contribution < 1.29 is 18.0 Å². The molecule has 0 spiro atoms. The van der Waals surface area contributed by atoms with E-state index in [0.29, 0.717) is 11.5 Å². The maximum absolute atomic E-state index is 13.2. The van der Waals surface area contributed by atoms with Crippen molar-refractivity contribution in [3.05, 3.63) is 27.7 Å². The summed E-state index contributed by atoms with van der Waals surface area (Å²) < 4.78 is 39.9. The van der Waals surface area contributed by atoms with Crippen molar-refractivity contribution in [2.45, 2.75) is 65.0 Å². The molecule has 0 unspecified atom stereocenters. The molecule has 2 aliphatic rings. The molecule has 3 nitrogen and oxygen atoms in total. The number of hydrogen-bond acceptors (Lipinski definition) is 2. The normalized spacial score (nSPS) is 24.7. The van der Waals surface area contributed by atoms with E-state index < -0.39 is 11.7 Å². The fraction of sp³-hybridized carbons (Fsp3) is 0.696. The fourth-order valence-corrected chi connectivity index (χ4v) is 5.64. The molecule has 1 aliphatic carbocycles. The summed E-state index contributed by atoms with van der Waals surface area (Å²) >= 11 is 3.12. The first-order valence-electron chi connectivity index (χ1n) is 11.0. The van der Waals surface area contributed by atoms with Crippen LogP contribution < -0.4 is 5.73 Å². The number of anilines is 1. The van der Waals surface area contributed by atoms with Crippen molar-refractivity contribution in [3.8, 4) is 0 Å². The summed E-state index contributed by atoms with van der Waals surface area (Å²) in [5.41, 5.74) is 4.89. The van der Waals surface area contributed by atoms with Gasteiger partial charge < -0.3 is 10.6 Å². The van der Waals surface area contributed by atoms with Crippen LogP contribution in [0.25, 0.3) is 0 Å². The molecule has 1 aliphatic heterocycles. The van der Waals surface area contributed by atoms with Gasteiger partial charge in [0.05, 0.1) is 11.3 Å². The lowest BCUT2D eigenvalue weighted by Crippen LogP contribution is -2.43. The highest BCUT2D eigenvalue weighted by molar-refractivity contribution is 9.10. The highest BCUT2D eigenvalue weighted by Gasteiger charge is 2.35. The van der Waals surface area contributed by atoms with Crippen LogP contribution in [0.3, 0.4) is 0 Å². The molecule has 1 atom stereocenters. The summed E-state index contributed by atoms with van der Waals surface area (Å²) in [5.74, 6) is 2.01. The number of likely N-dealkylation sites (tertiary alicyclic amines) is 1. The van der Waals surface area contributed by atoms with Gasteiger partial charge in [0.1, 0.15) is 0 Å². The van der Waals surface area contributed by atoms with Crippen LogP contribution in [0, 0.1) is 23.7 Å². The minimum Gasteiger partial charge on any atom is -0.397 e. The number of carbonyl (C=O) groups excluding carboxylic acids is 1. The van der Waals surface area contributed by atoms with Gasteiger partial charge in [-0.2, -0.15) is 13.2 Å². The highest BCUT2D eigenvalue weighted by atomic mass is 79.9. The van der Waals surface area contributed by atoms with Gasteiger partial charge in [0, 0.05) is 23.5 Å². The lowest BCUT2D eigenvalue weighted by molar-refractivity contribution is -0.137. The number of amides is 1. The van der Waals surface area contributed by atoms with E-state index in [1.54, 1.807) is 13.0 Å². The van der Waals surface area contributed by atoms with E-state index in [1.165, 1.54) is 25.7 Å². The topological polar surface area (TPSA) is 46.3 Å². The molecule has 1 heterocycles. The minimum absolute atomic E-state index is 0.0345. The van der Waals surface area contributed by atoms with Gasteiger partial charge in [0.25, 0.3) is 0 Å². The largest absolute Gasteiger partial charge is 0.418 e. The maximum atomic E-state index is 13.2. The maximum Gasteiger partial charge on any atom is 0.418 e. The third-order valence-electron chi connectivity index (χ3n) is 7.04. The molecule has 30 heavy (non-hydrogen) atoms. The van der Waals surface area contributed by atoms with Crippen LogP contribution in [0.2, 0.25) is 0 Å². The van der Waals surface area contributed by atoms with Gasteiger partial charge in [0.2, 0.25) is 5.91 Å².